The Morgan fingerprint density at radius 2 is 1.71 bits per heavy atom. The molecule has 2 aromatic carbocycles. The largest absolute Gasteiger partial charge is 0.494 e. The third kappa shape index (κ3) is 6.13. The van der Waals surface area contributed by atoms with E-state index >= 15 is 0 Å². The van der Waals surface area contributed by atoms with Gasteiger partial charge in [-0.15, -0.1) is 0 Å². The lowest BCUT2D eigenvalue weighted by molar-refractivity contribution is 0.0892. The smallest absolute Gasteiger partial charge is 0.287 e. The molecule has 8 heteroatoms. The number of rotatable bonds is 10. The number of piperidine rings is 1. The van der Waals surface area contributed by atoms with Crippen molar-refractivity contribution in [1.82, 2.24) is 10.2 Å². The highest BCUT2D eigenvalue weighted by Gasteiger charge is 2.26. The lowest BCUT2D eigenvalue weighted by Crippen LogP contribution is -2.40. The predicted octanol–water partition coefficient (Wildman–Crippen LogP) is 4.86. The summed E-state index contributed by atoms with van der Waals surface area (Å²) in [5.74, 6) is 0.365. The molecule has 1 saturated heterocycles. The third-order valence-corrected chi connectivity index (χ3v) is 7.79. The van der Waals surface area contributed by atoms with E-state index in [9.17, 15) is 13.2 Å². The van der Waals surface area contributed by atoms with Crippen LogP contribution in [0, 0.1) is 0 Å². The van der Waals surface area contributed by atoms with Crippen LogP contribution in [0.5, 0.6) is 5.75 Å². The van der Waals surface area contributed by atoms with Crippen molar-refractivity contribution in [3.8, 4) is 5.75 Å². The van der Waals surface area contributed by atoms with Gasteiger partial charge in [0.1, 0.15) is 5.75 Å². The van der Waals surface area contributed by atoms with Gasteiger partial charge in [-0.25, -0.2) is 8.42 Å². The van der Waals surface area contributed by atoms with E-state index in [4.69, 9.17) is 9.15 Å². The van der Waals surface area contributed by atoms with Gasteiger partial charge in [0.2, 0.25) is 14.9 Å². The standard InChI is InChI=1S/C27H32N2O5S/c1-2-19-33-22-13-11-21(12-14-22)24(29-17-7-4-8-18-29)20-28-27(30)25-15-16-26(34-25)35(31,32)23-9-5-3-6-10-23/h3,5-6,9-16,24H,2,4,7-8,17-20H2,1H3,(H,28,30). The molecule has 1 aliphatic heterocycles. The van der Waals surface area contributed by atoms with Gasteiger partial charge in [-0.3, -0.25) is 9.69 Å². The fraction of sp³-hybridized carbons (Fsp3) is 0.370. The number of carbonyl (C=O) groups is 1. The quantitative estimate of drug-likeness (QED) is 0.431. The maximum atomic E-state index is 12.9. The Kier molecular flexibility index (Phi) is 8.25. The lowest BCUT2D eigenvalue weighted by atomic mass is 10.0. The van der Waals surface area contributed by atoms with Gasteiger partial charge in [0.25, 0.3) is 5.91 Å². The summed E-state index contributed by atoms with van der Waals surface area (Å²) in [6.07, 6.45) is 4.41. The summed E-state index contributed by atoms with van der Waals surface area (Å²) in [7, 11) is -3.82. The molecule has 35 heavy (non-hydrogen) atoms. The van der Waals surface area contributed by atoms with Crippen LogP contribution >= 0.6 is 0 Å². The molecule has 1 aromatic heterocycles. The highest BCUT2D eigenvalue weighted by molar-refractivity contribution is 7.91. The number of furan rings is 1. The van der Waals surface area contributed by atoms with Gasteiger partial charge in [-0.05, 0) is 74.3 Å². The molecular formula is C27H32N2O5S. The second-order valence-electron chi connectivity index (χ2n) is 8.68. The molecule has 1 atom stereocenters. The van der Waals surface area contributed by atoms with Crippen molar-refractivity contribution < 1.29 is 22.4 Å². The number of carbonyl (C=O) groups excluding carboxylic acids is 1. The van der Waals surface area contributed by atoms with E-state index in [0.717, 1.165) is 43.7 Å². The second-order valence-corrected chi connectivity index (χ2v) is 10.6. The number of nitrogens with zero attached hydrogens (tertiary/aromatic N) is 1. The predicted molar refractivity (Wildman–Crippen MR) is 133 cm³/mol. The highest BCUT2D eigenvalue weighted by atomic mass is 32.2. The number of hydrogen-bond acceptors (Lipinski definition) is 6. The Labute approximate surface area is 207 Å². The molecular weight excluding hydrogens is 464 g/mol. The SMILES string of the molecule is CCCOc1ccc(C(CNC(=O)c2ccc(S(=O)(=O)c3ccccc3)o2)N2CCCCC2)cc1. The minimum atomic E-state index is -3.82. The fourth-order valence-corrected chi connectivity index (χ4v) is 5.47. The molecule has 1 fully saturated rings. The Hall–Kier alpha value is -3.10. The number of sulfone groups is 1. The van der Waals surface area contributed by atoms with Crippen LogP contribution < -0.4 is 10.1 Å². The van der Waals surface area contributed by atoms with Gasteiger partial charge < -0.3 is 14.5 Å². The summed E-state index contributed by atoms with van der Waals surface area (Å²) in [5, 5.41) is 2.70. The molecule has 0 aliphatic carbocycles. The van der Waals surface area contributed by atoms with E-state index in [1.807, 2.05) is 24.3 Å². The van der Waals surface area contributed by atoms with E-state index < -0.39 is 15.7 Å². The van der Waals surface area contributed by atoms with E-state index in [2.05, 4.69) is 17.1 Å². The highest BCUT2D eigenvalue weighted by Crippen LogP contribution is 2.27. The molecule has 1 N–H and O–H groups in total. The van der Waals surface area contributed by atoms with Gasteiger partial charge in [-0.1, -0.05) is 43.7 Å². The van der Waals surface area contributed by atoms with Crippen molar-refractivity contribution in [2.24, 2.45) is 0 Å². The first-order chi connectivity index (χ1) is 17.0. The second kappa shape index (κ2) is 11.6. The van der Waals surface area contributed by atoms with Crippen LogP contribution in [0.25, 0.3) is 0 Å². The topological polar surface area (TPSA) is 88.8 Å². The number of amides is 1. The number of nitrogens with one attached hydrogen (secondary N) is 1. The summed E-state index contributed by atoms with van der Waals surface area (Å²) in [6.45, 7) is 5.07. The van der Waals surface area contributed by atoms with Crippen LogP contribution in [0.1, 0.15) is 54.8 Å². The first-order valence-corrected chi connectivity index (χ1v) is 13.6. The first kappa shape index (κ1) is 25.0. The fourth-order valence-electron chi connectivity index (χ4n) is 4.27. The van der Waals surface area contributed by atoms with Crippen LogP contribution in [-0.2, 0) is 9.84 Å². The van der Waals surface area contributed by atoms with Gasteiger partial charge >= 0.3 is 0 Å². The van der Waals surface area contributed by atoms with Gasteiger partial charge in [0.05, 0.1) is 17.5 Å². The molecule has 1 amide bonds. The number of likely N-dealkylation sites (tertiary alicyclic amines) is 1. The van der Waals surface area contributed by atoms with Crippen LogP contribution in [0.4, 0.5) is 0 Å². The monoisotopic (exact) mass is 496 g/mol. The normalized spacial score (nSPS) is 15.5. The van der Waals surface area contributed by atoms with E-state index in [1.165, 1.54) is 30.7 Å². The van der Waals surface area contributed by atoms with Crippen molar-refractivity contribution in [1.29, 1.82) is 0 Å². The number of benzene rings is 2. The Balaban J connectivity index is 1.46. The van der Waals surface area contributed by atoms with Crippen LogP contribution in [0.2, 0.25) is 0 Å². The van der Waals surface area contributed by atoms with Gasteiger partial charge in [-0.2, -0.15) is 0 Å². The van der Waals surface area contributed by atoms with Crippen LogP contribution in [-0.4, -0.2) is 45.5 Å². The molecule has 186 valence electrons. The molecule has 0 radical (unpaired) electrons. The molecule has 7 nitrogen and oxygen atoms in total. The summed E-state index contributed by atoms with van der Waals surface area (Å²) in [5.41, 5.74) is 1.10. The zero-order chi connectivity index (χ0) is 24.7. The molecule has 0 bridgehead atoms. The molecule has 1 aliphatic rings. The summed E-state index contributed by atoms with van der Waals surface area (Å²) in [6, 6.07) is 18.8. The third-order valence-electron chi connectivity index (χ3n) is 6.15. The van der Waals surface area contributed by atoms with E-state index in [-0.39, 0.29) is 21.8 Å². The van der Waals surface area contributed by atoms with Crippen molar-refractivity contribution in [2.75, 3.05) is 26.2 Å². The first-order valence-electron chi connectivity index (χ1n) is 12.1. The molecule has 4 rings (SSSR count). The van der Waals surface area contributed by atoms with Crippen LogP contribution in [0.3, 0.4) is 0 Å². The maximum absolute atomic E-state index is 12.9. The molecule has 0 saturated carbocycles. The van der Waals surface area contributed by atoms with Crippen molar-refractivity contribution in [3.63, 3.8) is 0 Å². The molecule has 3 aromatic rings. The average molecular weight is 497 g/mol. The Morgan fingerprint density at radius 3 is 2.40 bits per heavy atom. The van der Waals surface area contributed by atoms with Crippen molar-refractivity contribution in [3.05, 3.63) is 78.1 Å². The maximum Gasteiger partial charge on any atom is 0.287 e. The lowest BCUT2D eigenvalue weighted by Gasteiger charge is -2.35. The minimum absolute atomic E-state index is 0.00181. The van der Waals surface area contributed by atoms with Gasteiger partial charge in [0.15, 0.2) is 5.76 Å². The van der Waals surface area contributed by atoms with Gasteiger partial charge in [0, 0.05) is 6.54 Å². The molecule has 2 heterocycles. The minimum Gasteiger partial charge on any atom is -0.494 e. The molecule has 0 spiro atoms. The van der Waals surface area contributed by atoms with E-state index in [1.54, 1.807) is 18.2 Å². The summed E-state index contributed by atoms with van der Waals surface area (Å²) in [4.78, 5) is 15.4. The van der Waals surface area contributed by atoms with Crippen LogP contribution in [0.15, 0.2) is 81.1 Å². The Morgan fingerprint density at radius 1 is 1.00 bits per heavy atom. The summed E-state index contributed by atoms with van der Waals surface area (Å²) < 4.78 is 36.7. The number of hydrogen-bond donors (Lipinski definition) is 1. The zero-order valence-electron chi connectivity index (χ0n) is 20.0. The Bertz CT molecular complexity index is 1200. The average Bonchev–Trinajstić information content (AvgIpc) is 3.41. The molecule has 1 unspecified atom stereocenters. The zero-order valence-corrected chi connectivity index (χ0v) is 20.8. The number of ether oxygens (including phenoxy) is 1. The van der Waals surface area contributed by atoms with E-state index in [0.29, 0.717) is 13.2 Å². The summed E-state index contributed by atoms with van der Waals surface area (Å²) >= 11 is 0. The van der Waals surface area contributed by atoms with Crippen molar-refractivity contribution in [2.45, 2.75) is 48.6 Å². The van der Waals surface area contributed by atoms with Crippen molar-refractivity contribution >= 4 is 15.7 Å².